The zero-order valence-corrected chi connectivity index (χ0v) is 11.5. The Morgan fingerprint density at radius 3 is 2.69 bits per heavy atom. The van der Waals surface area contributed by atoms with Gasteiger partial charge in [-0.2, -0.15) is 0 Å². The molecule has 2 atom stereocenters. The molecule has 1 heterocycles. The van der Waals surface area contributed by atoms with Crippen LogP contribution in [-0.4, -0.2) is 48.8 Å². The van der Waals surface area contributed by atoms with Crippen molar-refractivity contribution < 1.29 is 4.74 Å². The lowest BCUT2D eigenvalue weighted by Gasteiger charge is -2.36. The molecule has 0 radical (unpaired) electrons. The van der Waals surface area contributed by atoms with E-state index in [1.165, 1.54) is 6.42 Å². The molecule has 0 aromatic heterocycles. The van der Waals surface area contributed by atoms with Gasteiger partial charge >= 0.3 is 0 Å². The Bertz CT molecular complexity index is 201. The Balaban J connectivity index is 2.21. The van der Waals surface area contributed by atoms with Crippen LogP contribution in [0.1, 0.15) is 41.0 Å². The van der Waals surface area contributed by atoms with Gasteiger partial charge in [0.15, 0.2) is 0 Å². The lowest BCUT2D eigenvalue weighted by Crippen LogP contribution is -2.47. The number of nitrogens with one attached hydrogen (secondary N) is 1. The highest BCUT2D eigenvalue weighted by Gasteiger charge is 2.21. The number of hydrogen-bond donors (Lipinski definition) is 1. The van der Waals surface area contributed by atoms with E-state index >= 15 is 0 Å². The average molecular weight is 228 g/mol. The summed E-state index contributed by atoms with van der Waals surface area (Å²) in [7, 11) is 0. The molecule has 3 nitrogen and oxygen atoms in total. The molecule has 2 unspecified atom stereocenters. The van der Waals surface area contributed by atoms with Crippen molar-refractivity contribution in [3.05, 3.63) is 0 Å². The minimum atomic E-state index is 0.234. The van der Waals surface area contributed by atoms with E-state index in [0.29, 0.717) is 12.1 Å². The minimum Gasteiger partial charge on any atom is -0.376 e. The standard InChI is InChI=1S/C13H28N2O/c1-11(6-7-14-13(3,4)5)15-8-9-16-12(2)10-15/h11-12,14H,6-10H2,1-5H3. The van der Waals surface area contributed by atoms with Crippen LogP contribution in [0.25, 0.3) is 0 Å². The molecule has 0 bridgehead atoms. The molecule has 3 heteroatoms. The van der Waals surface area contributed by atoms with Gasteiger partial charge in [0.25, 0.3) is 0 Å². The molecule has 0 aromatic carbocycles. The van der Waals surface area contributed by atoms with Crippen LogP contribution in [0.15, 0.2) is 0 Å². The molecule has 1 fully saturated rings. The van der Waals surface area contributed by atoms with Crippen LogP contribution in [0.4, 0.5) is 0 Å². The maximum absolute atomic E-state index is 5.56. The Morgan fingerprint density at radius 2 is 2.12 bits per heavy atom. The van der Waals surface area contributed by atoms with Crippen molar-refractivity contribution in [3.63, 3.8) is 0 Å². The van der Waals surface area contributed by atoms with Gasteiger partial charge in [0.1, 0.15) is 0 Å². The SMILES string of the molecule is CC1CN(C(C)CCNC(C)(C)C)CCO1. The van der Waals surface area contributed by atoms with Gasteiger partial charge in [-0.05, 0) is 47.6 Å². The highest BCUT2D eigenvalue weighted by atomic mass is 16.5. The summed E-state index contributed by atoms with van der Waals surface area (Å²) >= 11 is 0. The molecule has 0 amide bonds. The summed E-state index contributed by atoms with van der Waals surface area (Å²) < 4.78 is 5.56. The lowest BCUT2D eigenvalue weighted by atomic mass is 10.1. The molecule has 0 aliphatic carbocycles. The second-order valence-corrected chi connectivity index (χ2v) is 5.99. The molecule has 0 spiro atoms. The van der Waals surface area contributed by atoms with Gasteiger partial charge in [-0.15, -0.1) is 0 Å². The highest BCUT2D eigenvalue weighted by Crippen LogP contribution is 2.11. The Kier molecular flexibility index (Phi) is 5.22. The van der Waals surface area contributed by atoms with Crippen LogP contribution in [0.5, 0.6) is 0 Å². The molecule has 1 aliphatic heterocycles. The summed E-state index contributed by atoms with van der Waals surface area (Å²) in [6.07, 6.45) is 1.61. The summed E-state index contributed by atoms with van der Waals surface area (Å²) in [6.45, 7) is 15.3. The zero-order valence-electron chi connectivity index (χ0n) is 11.5. The summed E-state index contributed by atoms with van der Waals surface area (Å²) in [6, 6.07) is 0.654. The third-order valence-electron chi connectivity index (χ3n) is 3.11. The number of hydrogen-bond acceptors (Lipinski definition) is 3. The van der Waals surface area contributed by atoms with Crippen molar-refractivity contribution in [1.82, 2.24) is 10.2 Å². The van der Waals surface area contributed by atoms with Crippen molar-refractivity contribution in [1.29, 1.82) is 0 Å². The number of rotatable bonds is 4. The average Bonchev–Trinajstić information content (AvgIpc) is 2.15. The fourth-order valence-electron chi connectivity index (χ4n) is 2.08. The van der Waals surface area contributed by atoms with Crippen molar-refractivity contribution >= 4 is 0 Å². The molecule has 16 heavy (non-hydrogen) atoms. The summed E-state index contributed by atoms with van der Waals surface area (Å²) in [5, 5.41) is 3.55. The van der Waals surface area contributed by atoms with Crippen molar-refractivity contribution in [2.45, 2.75) is 58.7 Å². The number of ether oxygens (including phenoxy) is 1. The molecule has 96 valence electrons. The van der Waals surface area contributed by atoms with Crippen LogP contribution < -0.4 is 5.32 Å². The first kappa shape index (κ1) is 13.9. The van der Waals surface area contributed by atoms with E-state index in [1.807, 2.05) is 0 Å². The zero-order chi connectivity index (χ0) is 12.2. The minimum absolute atomic E-state index is 0.234. The molecular formula is C13H28N2O. The van der Waals surface area contributed by atoms with Crippen LogP contribution in [0.2, 0.25) is 0 Å². The number of nitrogens with zero attached hydrogens (tertiary/aromatic N) is 1. The van der Waals surface area contributed by atoms with Gasteiger partial charge in [0.05, 0.1) is 12.7 Å². The second kappa shape index (κ2) is 5.99. The maximum Gasteiger partial charge on any atom is 0.0674 e. The molecule has 1 N–H and O–H groups in total. The van der Waals surface area contributed by atoms with Crippen LogP contribution in [0.3, 0.4) is 0 Å². The first-order valence-electron chi connectivity index (χ1n) is 6.49. The molecule has 1 rings (SSSR count). The van der Waals surface area contributed by atoms with E-state index in [0.717, 1.165) is 26.2 Å². The molecular weight excluding hydrogens is 200 g/mol. The topological polar surface area (TPSA) is 24.5 Å². The predicted octanol–water partition coefficient (Wildman–Crippen LogP) is 1.87. The van der Waals surface area contributed by atoms with Crippen molar-refractivity contribution in [2.24, 2.45) is 0 Å². The van der Waals surface area contributed by atoms with Crippen LogP contribution in [-0.2, 0) is 4.74 Å². The fourth-order valence-corrected chi connectivity index (χ4v) is 2.08. The molecule has 0 saturated carbocycles. The van der Waals surface area contributed by atoms with Crippen LogP contribution >= 0.6 is 0 Å². The molecule has 0 aromatic rings. The third-order valence-corrected chi connectivity index (χ3v) is 3.11. The van der Waals surface area contributed by atoms with Gasteiger partial charge in [-0.25, -0.2) is 0 Å². The van der Waals surface area contributed by atoms with Crippen molar-refractivity contribution in [3.8, 4) is 0 Å². The number of morpholine rings is 1. The summed E-state index contributed by atoms with van der Waals surface area (Å²) in [5.41, 5.74) is 0.234. The highest BCUT2D eigenvalue weighted by molar-refractivity contribution is 4.76. The van der Waals surface area contributed by atoms with E-state index in [1.54, 1.807) is 0 Å². The largest absolute Gasteiger partial charge is 0.376 e. The first-order valence-corrected chi connectivity index (χ1v) is 6.49. The predicted molar refractivity (Wildman–Crippen MR) is 68.8 cm³/mol. The smallest absolute Gasteiger partial charge is 0.0674 e. The summed E-state index contributed by atoms with van der Waals surface area (Å²) in [4.78, 5) is 2.54. The van der Waals surface area contributed by atoms with E-state index in [2.05, 4.69) is 44.8 Å². The lowest BCUT2D eigenvalue weighted by molar-refractivity contribution is -0.0325. The van der Waals surface area contributed by atoms with Gasteiger partial charge in [0.2, 0.25) is 0 Å². The van der Waals surface area contributed by atoms with E-state index in [-0.39, 0.29) is 5.54 Å². The van der Waals surface area contributed by atoms with Gasteiger partial charge in [-0.1, -0.05) is 0 Å². The second-order valence-electron chi connectivity index (χ2n) is 5.99. The first-order chi connectivity index (χ1) is 7.38. The normalized spacial score (nSPS) is 25.7. The monoisotopic (exact) mass is 228 g/mol. The molecule has 1 aliphatic rings. The summed E-state index contributed by atoms with van der Waals surface area (Å²) in [5.74, 6) is 0. The quantitative estimate of drug-likeness (QED) is 0.795. The van der Waals surface area contributed by atoms with E-state index in [4.69, 9.17) is 4.74 Å². The van der Waals surface area contributed by atoms with Crippen molar-refractivity contribution in [2.75, 3.05) is 26.2 Å². The van der Waals surface area contributed by atoms with Gasteiger partial charge in [0, 0.05) is 24.7 Å². The van der Waals surface area contributed by atoms with Gasteiger partial charge < -0.3 is 10.1 Å². The van der Waals surface area contributed by atoms with E-state index < -0.39 is 0 Å². The maximum atomic E-state index is 5.56. The Labute approximate surface area is 101 Å². The Morgan fingerprint density at radius 1 is 1.44 bits per heavy atom. The Hall–Kier alpha value is -0.120. The fraction of sp³-hybridized carbons (Fsp3) is 1.00. The van der Waals surface area contributed by atoms with Gasteiger partial charge in [-0.3, -0.25) is 4.90 Å². The van der Waals surface area contributed by atoms with Crippen LogP contribution in [0, 0.1) is 0 Å². The molecule has 1 saturated heterocycles. The van der Waals surface area contributed by atoms with E-state index in [9.17, 15) is 0 Å². The third kappa shape index (κ3) is 5.28.